The number of methoxy groups -OCH3 is 1. The quantitative estimate of drug-likeness (QED) is 0.130. The van der Waals surface area contributed by atoms with E-state index in [1.54, 1.807) is 7.11 Å². The smallest absolute Gasteiger partial charge is 0.121 e. The summed E-state index contributed by atoms with van der Waals surface area (Å²) in [5, 5.41) is 2.27. The summed E-state index contributed by atoms with van der Waals surface area (Å²) in [6.45, 7) is 10.6. The van der Waals surface area contributed by atoms with Gasteiger partial charge in [-0.3, -0.25) is 0 Å². The molecule has 0 aliphatic heterocycles. The van der Waals surface area contributed by atoms with Crippen LogP contribution in [0.2, 0.25) is 0 Å². The van der Waals surface area contributed by atoms with E-state index in [9.17, 15) is 0 Å². The van der Waals surface area contributed by atoms with Gasteiger partial charge < -0.3 is 33.7 Å². The van der Waals surface area contributed by atoms with Crippen LogP contribution in [0, 0.1) is 0 Å². The monoisotopic (exact) mass is 693 g/mol. The number of anilines is 6. The highest BCUT2D eigenvalue weighted by Crippen LogP contribution is 2.42. The second-order valence-electron chi connectivity index (χ2n) is 12.0. The number of rotatable bonds is 13. The topological polar surface area (TPSA) is 59.2 Å². The van der Waals surface area contributed by atoms with Crippen molar-refractivity contribution in [2.24, 2.45) is 0 Å². The van der Waals surface area contributed by atoms with Crippen LogP contribution in [0.4, 0.5) is 34.1 Å². The van der Waals surface area contributed by atoms with Gasteiger partial charge in [-0.1, -0.05) is 36.4 Å². The molecule has 0 aliphatic carbocycles. The third-order valence-electron chi connectivity index (χ3n) is 8.55. The Morgan fingerprint density at radius 2 is 0.769 bits per heavy atom. The number of fused-ring (bicyclic) bond motifs is 3. The summed E-state index contributed by atoms with van der Waals surface area (Å²) in [6, 6.07) is 48.4. The van der Waals surface area contributed by atoms with Crippen LogP contribution >= 0.6 is 0 Å². The molecule has 0 saturated carbocycles. The summed E-state index contributed by atoms with van der Waals surface area (Å²) >= 11 is 0. The van der Waals surface area contributed by atoms with Crippen molar-refractivity contribution in [2.75, 3.05) is 43.3 Å². The first-order valence-corrected chi connectivity index (χ1v) is 17.9. The Bertz CT molecular complexity index is 2150. The second kappa shape index (κ2) is 17.3. The summed E-state index contributed by atoms with van der Waals surface area (Å²) in [5.74, 6) is 2.50. The fourth-order valence-corrected chi connectivity index (χ4v) is 6.26. The van der Waals surface area contributed by atoms with Crippen molar-refractivity contribution >= 4 is 55.9 Å². The molecule has 0 atom stereocenters. The molecule has 1 aromatic heterocycles. The zero-order valence-corrected chi connectivity index (χ0v) is 30.6. The Hall–Kier alpha value is -5.92. The molecular weight excluding hydrogens is 647 g/mol. The Kier molecular flexibility index (Phi) is 12.0. The van der Waals surface area contributed by atoms with E-state index in [2.05, 4.69) is 117 Å². The second-order valence-corrected chi connectivity index (χ2v) is 12.0. The summed E-state index contributed by atoms with van der Waals surface area (Å²) in [5.41, 5.74) is 8.33. The minimum absolute atomic E-state index is 0.600. The molecular formula is C45H47N3O4. The largest absolute Gasteiger partial charge is 0.494 e. The summed E-state index contributed by atoms with van der Waals surface area (Å²) < 4.78 is 22.2. The minimum Gasteiger partial charge on any atom is -0.494 e. The standard InChI is InChI=1S/C42H39N3O3.C3H8O/c1-4-46-36-18-10-15-31(25-36)44(30-13-8-7-9-14-30)34-21-23-41-39(28-34)40-29-35(22-24-42(40)43-41)45(32-16-11-19-37(26-32)47-5-2)33-17-12-20-38(27-33)48-6-3;1-3-4-2/h7-29,43H,4-6H2,1-3H3;3H2,1-2H3. The van der Waals surface area contributed by atoms with Gasteiger partial charge in [-0.2, -0.15) is 0 Å². The van der Waals surface area contributed by atoms with Crippen LogP contribution in [-0.2, 0) is 4.74 Å². The van der Waals surface area contributed by atoms with Crippen LogP contribution in [0.1, 0.15) is 27.7 Å². The number of benzene rings is 6. The van der Waals surface area contributed by atoms with Crippen LogP contribution in [0.5, 0.6) is 17.2 Å². The van der Waals surface area contributed by atoms with E-state index in [1.807, 2.05) is 70.2 Å². The Labute approximate surface area is 306 Å². The first-order valence-electron chi connectivity index (χ1n) is 17.9. The molecule has 0 radical (unpaired) electrons. The van der Waals surface area contributed by atoms with Crippen LogP contribution in [0.25, 0.3) is 21.8 Å². The molecule has 0 amide bonds. The molecule has 0 bridgehead atoms. The summed E-state index contributed by atoms with van der Waals surface area (Å²) in [7, 11) is 1.68. The normalized spacial score (nSPS) is 10.8. The van der Waals surface area contributed by atoms with Crippen molar-refractivity contribution in [3.8, 4) is 17.2 Å². The van der Waals surface area contributed by atoms with Gasteiger partial charge in [0.1, 0.15) is 17.2 Å². The SMILES string of the molecule is CCOC.CCOc1cccc(N(c2ccccc2)c2ccc3[nH]c4ccc(N(c5cccc(OCC)c5)c5cccc(OCC)c5)cc4c3c2)c1. The molecule has 0 fully saturated rings. The van der Waals surface area contributed by atoms with Gasteiger partial charge in [-0.25, -0.2) is 0 Å². The van der Waals surface area contributed by atoms with Crippen molar-refractivity contribution in [3.05, 3.63) is 140 Å². The number of aromatic amines is 1. The number of ether oxygens (including phenoxy) is 4. The maximum atomic E-state index is 5.91. The van der Waals surface area contributed by atoms with Gasteiger partial charge in [0.25, 0.3) is 0 Å². The lowest BCUT2D eigenvalue weighted by Crippen LogP contribution is -2.10. The zero-order chi connectivity index (χ0) is 36.3. The Morgan fingerprint density at radius 3 is 1.15 bits per heavy atom. The molecule has 52 heavy (non-hydrogen) atoms. The number of nitrogens with one attached hydrogen (secondary N) is 1. The van der Waals surface area contributed by atoms with Crippen molar-refractivity contribution in [3.63, 3.8) is 0 Å². The highest BCUT2D eigenvalue weighted by atomic mass is 16.5. The summed E-state index contributed by atoms with van der Waals surface area (Å²) in [6.07, 6.45) is 0. The molecule has 0 unspecified atom stereocenters. The molecule has 7 rings (SSSR count). The first kappa shape index (κ1) is 35.9. The molecule has 6 aromatic carbocycles. The van der Waals surface area contributed by atoms with E-state index in [0.29, 0.717) is 19.8 Å². The van der Waals surface area contributed by atoms with Gasteiger partial charge in [-0.05, 0) is 113 Å². The van der Waals surface area contributed by atoms with Gasteiger partial charge in [0.2, 0.25) is 0 Å². The molecule has 266 valence electrons. The van der Waals surface area contributed by atoms with Crippen LogP contribution in [0.15, 0.2) is 140 Å². The van der Waals surface area contributed by atoms with Gasteiger partial charge in [0.05, 0.1) is 19.8 Å². The predicted molar refractivity (Wildman–Crippen MR) is 216 cm³/mol. The number of H-pyrrole nitrogens is 1. The molecule has 7 heteroatoms. The van der Waals surface area contributed by atoms with Crippen molar-refractivity contribution in [1.82, 2.24) is 4.98 Å². The minimum atomic E-state index is 0.600. The van der Waals surface area contributed by atoms with Gasteiger partial charge >= 0.3 is 0 Å². The lowest BCUT2D eigenvalue weighted by molar-refractivity contribution is 0.215. The highest BCUT2D eigenvalue weighted by molar-refractivity contribution is 6.10. The molecule has 7 nitrogen and oxygen atoms in total. The molecule has 1 heterocycles. The van der Waals surface area contributed by atoms with Gasteiger partial charge in [0, 0.05) is 87.8 Å². The average Bonchev–Trinajstić information content (AvgIpc) is 3.54. The van der Waals surface area contributed by atoms with Crippen molar-refractivity contribution in [1.29, 1.82) is 0 Å². The maximum absolute atomic E-state index is 5.91. The predicted octanol–water partition coefficient (Wildman–Crippen LogP) is 12.1. The Morgan fingerprint density at radius 1 is 0.404 bits per heavy atom. The Balaban J connectivity index is 0.00000110. The van der Waals surface area contributed by atoms with Crippen LogP contribution in [0.3, 0.4) is 0 Å². The molecule has 0 aliphatic rings. The molecule has 0 saturated heterocycles. The van der Waals surface area contributed by atoms with E-state index in [0.717, 1.165) is 79.8 Å². The highest BCUT2D eigenvalue weighted by Gasteiger charge is 2.18. The number of nitrogens with zero attached hydrogens (tertiary/aromatic N) is 2. The van der Waals surface area contributed by atoms with Crippen LogP contribution < -0.4 is 24.0 Å². The molecule has 7 aromatic rings. The third-order valence-corrected chi connectivity index (χ3v) is 8.55. The molecule has 1 N–H and O–H groups in total. The van der Waals surface area contributed by atoms with E-state index in [-0.39, 0.29) is 0 Å². The van der Waals surface area contributed by atoms with E-state index in [1.165, 1.54) is 0 Å². The van der Waals surface area contributed by atoms with Crippen molar-refractivity contribution in [2.45, 2.75) is 27.7 Å². The van der Waals surface area contributed by atoms with E-state index in [4.69, 9.17) is 14.2 Å². The number of hydrogen-bond donors (Lipinski definition) is 1. The third kappa shape index (κ3) is 8.17. The van der Waals surface area contributed by atoms with E-state index >= 15 is 0 Å². The van der Waals surface area contributed by atoms with Gasteiger partial charge in [0.15, 0.2) is 0 Å². The maximum Gasteiger partial charge on any atom is 0.121 e. The lowest BCUT2D eigenvalue weighted by atomic mass is 10.1. The fraction of sp³-hybridized carbons (Fsp3) is 0.200. The average molecular weight is 694 g/mol. The first-order chi connectivity index (χ1) is 25.6. The van der Waals surface area contributed by atoms with Gasteiger partial charge in [-0.15, -0.1) is 0 Å². The van der Waals surface area contributed by atoms with Crippen LogP contribution in [-0.4, -0.2) is 38.5 Å². The summed E-state index contributed by atoms with van der Waals surface area (Å²) in [4.78, 5) is 8.18. The lowest BCUT2D eigenvalue weighted by Gasteiger charge is -2.26. The fourth-order valence-electron chi connectivity index (χ4n) is 6.26. The number of hydrogen-bond acceptors (Lipinski definition) is 6. The van der Waals surface area contributed by atoms with Crippen molar-refractivity contribution < 1.29 is 18.9 Å². The number of para-hydroxylation sites is 1. The zero-order valence-electron chi connectivity index (χ0n) is 30.6. The molecule has 0 spiro atoms. The number of aromatic nitrogens is 1. The van der Waals surface area contributed by atoms with E-state index < -0.39 is 0 Å².